The molecule has 0 aliphatic heterocycles. The molecule has 60 valence electrons. The summed E-state index contributed by atoms with van der Waals surface area (Å²) in [4.78, 5) is 10.7. The Morgan fingerprint density at radius 2 is 2.00 bits per heavy atom. The van der Waals surface area contributed by atoms with Gasteiger partial charge in [0.05, 0.1) is 0 Å². The molecule has 0 saturated carbocycles. The van der Waals surface area contributed by atoms with Crippen LogP contribution in [0.25, 0.3) is 0 Å². The fraction of sp³-hybridized carbons (Fsp3) is 0.889. The van der Waals surface area contributed by atoms with Crippen LogP contribution in [0.1, 0.15) is 46.5 Å². The number of rotatable bonds is 5. The quantitative estimate of drug-likeness (QED) is 0.539. The van der Waals surface area contributed by atoms with Gasteiger partial charge in [0, 0.05) is 5.92 Å². The van der Waals surface area contributed by atoms with Crippen molar-refractivity contribution in [2.24, 2.45) is 5.92 Å². The van der Waals surface area contributed by atoms with E-state index in [1.807, 2.05) is 6.92 Å². The van der Waals surface area contributed by atoms with E-state index in [9.17, 15) is 4.79 Å². The molecule has 0 aliphatic carbocycles. The summed E-state index contributed by atoms with van der Waals surface area (Å²) in [6.07, 6.45) is 4.78. The summed E-state index contributed by atoms with van der Waals surface area (Å²) < 4.78 is 0. The lowest BCUT2D eigenvalue weighted by Gasteiger charge is -2.04. The Bertz CT molecular complexity index is 96.9. The van der Waals surface area contributed by atoms with Crippen LogP contribution in [-0.2, 0) is 4.79 Å². The smallest absolute Gasteiger partial charge is 0.132 e. The standard InChI is InChI=1S/C9H18O/c1-4-5-6-7-8(2)9(3)10/h8H,4-7H2,1-3H3. The van der Waals surface area contributed by atoms with E-state index in [1.54, 1.807) is 6.92 Å². The van der Waals surface area contributed by atoms with E-state index < -0.39 is 0 Å². The molecular formula is C9H18O. The van der Waals surface area contributed by atoms with Gasteiger partial charge in [0.25, 0.3) is 0 Å². The highest BCUT2D eigenvalue weighted by atomic mass is 16.1. The van der Waals surface area contributed by atoms with Crippen LogP contribution in [0.15, 0.2) is 0 Å². The summed E-state index contributed by atoms with van der Waals surface area (Å²) >= 11 is 0. The molecule has 0 saturated heterocycles. The van der Waals surface area contributed by atoms with E-state index >= 15 is 0 Å². The molecule has 0 amide bonds. The van der Waals surface area contributed by atoms with Crippen LogP contribution in [0, 0.1) is 5.92 Å². The van der Waals surface area contributed by atoms with Gasteiger partial charge < -0.3 is 0 Å². The Morgan fingerprint density at radius 3 is 2.40 bits per heavy atom. The van der Waals surface area contributed by atoms with Gasteiger partial charge in [-0.25, -0.2) is 0 Å². The molecule has 0 aromatic rings. The Balaban J connectivity index is 3.21. The summed E-state index contributed by atoms with van der Waals surface area (Å²) in [5.74, 6) is 0.614. The lowest BCUT2D eigenvalue weighted by molar-refractivity contribution is -0.120. The van der Waals surface area contributed by atoms with Gasteiger partial charge in [-0.2, -0.15) is 0 Å². The van der Waals surface area contributed by atoms with Crippen molar-refractivity contribution in [3.8, 4) is 0 Å². The van der Waals surface area contributed by atoms with Crippen molar-refractivity contribution in [2.45, 2.75) is 46.5 Å². The zero-order valence-electron chi connectivity index (χ0n) is 7.31. The minimum absolute atomic E-state index is 0.284. The zero-order chi connectivity index (χ0) is 7.98. The molecule has 0 bridgehead atoms. The fourth-order valence-electron chi connectivity index (χ4n) is 0.904. The molecule has 0 rings (SSSR count). The van der Waals surface area contributed by atoms with Crippen molar-refractivity contribution in [1.29, 1.82) is 0 Å². The highest BCUT2D eigenvalue weighted by Gasteiger charge is 2.05. The van der Waals surface area contributed by atoms with Crippen molar-refractivity contribution in [3.05, 3.63) is 0 Å². The van der Waals surface area contributed by atoms with Crippen LogP contribution >= 0.6 is 0 Å². The second-order valence-electron chi connectivity index (χ2n) is 3.01. The van der Waals surface area contributed by atoms with Gasteiger partial charge in [-0.1, -0.05) is 33.1 Å². The van der Waals surface area contributed by atoms with Gasteiger partial charge in [0.15, 0.2) is 0 Å². The third kappa shape index (κ3) is 4.54. The van der Waals surface area contributed by atoms with Crippen LogP contribution in [0.5, 0.6) is 0 Å². The molecule has 0 aromatic heterocycles. The maximum absolute atomic E-state index is 10.7. The first-order valence-corrected chi connectivity index (χ1v) is 4.19. The molecule has 1 atom stereocenters. The van der Waals surface area contributed by atoms with Gasteiger partial charge in [-0.15, -0.1) is 0 Å². The average Bonchev–Trinajstić information content (AvgIpc) is 1.88. The second-order valence-corrected chi connectivity index (χ2v) is 3.01. The Morgan fingerprint density at radius 1 is 1.40 bits per heavy atom. The van der Waals surface area contributed by atoms with E-state index in [0.29, 0.717) is 5.78 Å². The van der Waals surface area contributed by atoms with E-state index in [2.05, 4.69) is 6.92 Å². The maximum Gasteiger partial charge on any atom is 0.132 e. The SMILES string of the molecule is CCCCCC(C)C(C)=O. The molecule has 0 spiro atoms. The summed E-state index contributed by atoms with van der Waals surface area (Å²) in [6.45, 7) is 5.87. The molecule has 1 heteroatoms. The molecule has 0 heterocycles. The number of carbonyl (C=O) groups is 1. The number of hydrogen-bond acceptors (Lipinski definition) is 1. The first kappa shape index (κ1) is 9.67. The zero-order valence-corrected chi connectivity index (χ0v) is 7.31. The number of Topliss-reactive ketones (excluding diaryl/α,β-unsaturated/α-hetero) is 1. The Kier molecular flexibility index (Phi) is 5.27. The lowest BCUT2D eigenvalue weighted by atomic mass is 10.0. The van der Waals surface area contributed by atoms with Gasteiger partial charge in [-0.05, 0) is 13.3 Å². The molecule has 0 aliphatic rings. The topological polar surface area (TPSA) is 17.1 Å². The third-order valence-corrected chi connectivity index (χ3v) is 1.93. The normalized spacial score (nSPS) is 13.1. The number of carbonyl (C=O) groups excluding carboxylic acids is 1. The molecule has 10 heavy (non-hydrogen) atoms. The Hall–Kier alpha value is -0.330. The van der Waals surface area contributed by atoms with Crippen LogP contribution in [0.4, 0.5) is 0 Å². The highest BCUT2D eigenvalue weighted by molar-refractivity contribution is 5.77. The molecular weight excluding hydrogens is 124 g/mol. The van der Waals surface area contributed by atoms with Crippen molar-refractivity contribution in [3.63, 3.8) is 0 Å². The minimum atomic E-state index is 0.284. The minimum Gasteiger partial charge on any atom is -0.300 e. The summed E-state index contributed by atoms with van der Waals surface area (Å²) in [5, 5.41) is 0. The summed E-state index contributed by atoms with van der Waals surface area (Å²) in [7, 11) is 0. The molecule has 0 N–H and O–H groups in total. The molecule has 1 nitrogen and oxygen atoms in total. The van der Waals surface area contributed by atoms with Crippen LogP contribution in [-0.4, -0.2) is 5.78 Å². The van der Waals surface area contributed by atoms with Crippen molar-refractivity contribution in [1.82, 2.24) is 0 Å². The van der Waals surface area contributed by atoms with E-state index in [1.165, 1.54) is 19.3 Å². The lowest BCUT2D eigenvalue weighted by Crippen LogP contribution is -2.05. The summed E-state index contributed by atoms with van der Waals surface area (Å²) in [5.41, 5.74) is 0. The van der Waals surface area contributed by atoms with Gasteiger partial charge in [0.2, 0.25) is 0 Å². The average molecular weight is 142 g/mol. The van der Waals surface area contributed by atoms with E-state index in [0.717, 1.165) is 6.42 Å². The van der Waals surface area contributed by atoms with Crippen LogP contribution in [0.3, 0.4) is 0 Å². The molecule has 0 aromatic carbocycles. The summed E-state index contributed by atoms with van der Waals surface area (Å²) in [6, 6.07) is 0. The van der Waals surface area contributed by atoms with Crippen LogP contribution in [0.2, 0.25) is 0 Å². The van der Waals surface area contributed by atoms with Crippen molar-refractivity contribution >= 4 is 5.78 Å². The highest BCUT2D eigenvalue weighted by Crippen LogP contribution is 2.09. The van der Waals surface area contributed by atoms with E-state index in [4.69, 9.17) is 0 Å². The molecule has 1 unspecified atom stereocenters. The first-order valence-electron chi connectivity index (χ1n) is 4.19. The first-order chi connectivity index (χ1) is 4.68. The van der Waals surface area contributed by atoms with Gasteiger partial charge in [-0.3, -0.25) is 4.79 Å². The van der Waals surface area contributed by atoms with Crippen molar-refractivity contribution < 1.29 is 4.79 Å². The fourth-order valence-corrected chi connectivity index (χ4v) is 0.904. The number of hydrogen-bond donors (Lipinski definition) is 0. The largest absolute Gasteiger partial charge is 0.300 e. The molecule has 0 fully saturated rings. The molecule has 0 radical (unpaired) electrons. The van der Waals surface area contributed by atoms with Crippen LogP contribution < -0.4 is 0 Å². The predicted octanol–water partition coefficient (Wildman–Crippen LogP) is 2.79. The Labute approximate surface area is 63.8 Å². The second kappa shape index (κ2) is 5.45. The van der Waals surface area contributed by atoms with Gasteiger partial charge >= 0.3 is 0 Å². The maximum atomic E-state index is 10.7. The van der Waals surface area contributed by atoms with E-state index in [-0.39, 0.29) is 5.92 Å². The monoisotopic (exact) mass is 142 g/mol. The van der Waals surface area contributed by atoms with Crippen molar-refractivity contribution in [2.75, 3.05) is 0 Å². The third-order valence-electron chi connectivity index (χ3n) is 1.93. The van der Waals surface area contributed by atoms with Gasteiger partial charge in [0.1, 0.15) is 5.78 Å². The number of ketones is 1. The number of unbranched alkanes of at least 4 members (excludes halogenated alkanes) is 2. The predicted molar refractivity (Wildman–Crippen MR) is 44.0 cm³/mol.